The number of sulfonamides is 2. The number of nitrogens with one attached hydrogen (secondary N) is 2. The molecule has 11 heteroatoms. The van der Waals surface area contributed by atoms with Gasteiger partial charge in [-0.05, 0) is 94.5 Å². The first kappa shape index (κ1) is 25.7. The van der Waals surface area contributed by atoms with Gasteiger partial charge < -0.3 is 4.90 Å². The molecule has 2 aliphatic carbocycles. The fraction of sp³-hybridized carbons (Fsp3) is 0.560. The molecule has 2 heterocycles. The molecule has 0 unspecified atom stereocenters. The monoisotopic (exact) mass is 551 g/mol. The van der Waals surface area contributed by atoms with Gasteiger partial charge in [0.15, 0.2) is 0 Å². The molecule has 5 rings (SSSR count). The highest BCUT2D eigenvalue weighted by Gasteiger charge is 2.53. The normalized spacial score (nSPS) is 20.5. The first-order valence-corrected chi connectivity index (χ1v) is 16.4. The third kappa shape index (κ3) is 4.94. The highest BCUT2D eigenvalue weighted by molar-refractivity contribution is 7.92. The van der Waals surface area contributed by atoms with E-state index in [1.807, 2.05) is 12.1 Å². The van der Waals surface area contributed by atoms with Gasteiger partial charge in [0.05, 0.1) is 16.0 Å². The topological polar surface area (TPSA) is 113 Å². The second kappa shape index (κ2) is 8.28. The number of thiophene rings is 1. The fourth-order valence-corrected chi connectivity index (χ4v) is 8.85. The number of hydrogen-bond donors (Lipinski definition) is 2. The van der Waals surface area contributed by atoms with Crippen molar-refractivity contribution in [2.24, 2.45) is 5.41 Å². The van der Waals surface area contributed by atoms with Crippen LogP contribution in [-0.4, -0.2) is 41.1 Å². The number of carbonyl (C=O) groups is 1. The van der Waals surface area contributed by atoms with Crippen LogP contribution in [0.3, 0.4) is 0 Å². The third-order valence-electron chi connectivity index (χ3n) is 7.63. The van der Waals surface area contributed by atoms with Gasteiger partial charge in [0.25, 0.3) is 5.91 Å². The Kier molecular flexibility index (Phi) is 5.91. The van der Waals surface area contributed by atoms with Crippen LogP contribution in [-0.2, 0) is 25.5 Å². The molecule has 196 valence electrons. The van der Waals surface area contributed by atoms with Crippen molar-refractivity contribution in [3.63, 3.8) is 0 Å². The third-order valence-corrected chi connectivity index (χ3v) is 11.0. The van der Waals surface area contributed by atoms with Gasteiger partial charge in [-0.2, -0.15) is 0 Å². The summed E-state index contributed by atoms with van der Waals surface area (Å²) in [5, 5.41) is 1.50. The molecular weight excluding hydrogens is 518 g/mol. The zero-order chi connectivity index (χ0) is 26.1. The van der Waals surface area contributed by atoms with Crippen LogP contribution in [0.15, 0.2) is 34.5 Å². The quantitative estimate of drug-likeness (QED) is 0.570. The lowest BCUT2D eigenvalue weighted by Gasteiger charge is -2.38. The van der Waals surface area contributed by atoms with Gasteiger partial charge in [0, 0.05) is 34.3 Å². The maximum Gasteiger partial charge on any atom is 0.268 e. The van der Waals surface area contributed by atoms with Crippen LogP contribution in [0.1, 0.15) is 74.5 Å². The summed E-state index contributed by atoms with van der Waals surface area (Å²) in [6, 6.07) is 6.82. The molecule has 1 aromatic heterocycles. The number of nitrogens with zero attached hydrogens (tertiary/aromatic N) is 1. The minimum absolute atomic E-state index is 0.0842. The van der Waals surface area contributed by atoms with E-state index in [-0.39, 0.29) is 16.2 Å². The van der Waals surface area contributed by atoms with Crippen molar-refractivity contribution in [1.29, 1.82) is 0 Å². The molecule has 3 aliphatic rings. The lowest BCUT2D eigenvalue weighted by atomic mass is 9.66. The average Bonchev–Trinajstić information content (AvgIpc) is 3.19. The van der Waals surface area contributed by atoms with Gasteiger partial charge in [-0.3, -0.25) is 9.52 Å². The van der Waals surface area contributed by atoms with E-state index in [0.717, 1.165) is 54.5 Å². The predicted octanol–water partition coefficient (Wildman–Crippen LogP) is 4.45. The van der Waals surface area contributed by atoms with Gasteiger partial charge in [0.1, 0.15) is 0 Å². The maximum absolute atomic E-state index is 13.7. The van der Waals surface area contributed by atoms with E-state index >= 15 is 0 Å². The first-order chi connectivity index (χ1) is 16.6. The summed E-state index contributed by atoms with van der Waals surface area (Å²) in [6.07, 6.45) is 7.78. The molecule has 2 spiro atoms. The van der Waals surface area contributed by atoms with Gasteiger partial charge in [-0.25, -0.2) is 21.6 Å². The van der Waals surface area contributed by atoms with Crippen molar-refractivity contribution in [3.8, 4) is 0 Å². The van der Waals surface area contributed by atoms with Gasteiger partial charge >= 0.3 is 0 Å². The largest absolute Gasteiger partial charge is 0.306 e. The Balaban J connectivity index is 1.48. The van der Waals surface area contributed by atoms with Crippen LogP contribution in [0, 0.1) is 5.41 Å². The minimum Gasteiger partial charge on any atom is -0.306 e. The molecule has 36 heavy (non-hydrogen) atoms. The zero-order valence-corrected chi connectivity index (χ0v) is 23.5. The molecule has 0 atom stereocenters. The lowest BCUT2D eigenvalue weighted by Crippen LogP contribution is -2.40. The van der Waals surface area contributed by atoms with E-state index in [4.69, 9.17) is 0 Å². The number of fused-ring (bicyclic) bond motifs is 2. The van der Waals surface area contributed by atoms with Crippen molar-refractivity contribution in [1.82, 2.24) is 4.72 Å². The summed E-state index contributed by atoms with van der Waals surface area (Å²) in [5.41, 5.74) is 1.86. The van der Waals surface area contributed by atoms with E-state index in [9.17, 15) is 21.6 Å². The van der Waals surface area contributed by atoms with E-state index in [0.29, 0.717) is 22.5 Å². The molecule has 0 radical (unpaired) electrons. The Hall–Kier alpha value is -1.95. The van der Waals surface area contributed by atoms with Crippen LogP contribution >= 0.6 is 11.3 Å². The summed E-state index contributed by atoms with van der Waals surface area (Å²) < 4.78 is 54.5. The summed E-state index contributed by atoms with van der Waals surface area (Å²) in [7, 11) is -7.18. The second-order valence-electron chi connectivity index (χ2n) is 11.8. The Morgan fingerprint density at radius 1 is 1.00 bits per heavy atom. The number of amides is 1. The fourth-order valence-electron chi connectivity index (χ4n) is 5.66. The molecule has 1 amide bonds. The van der Waals surface area contributed by atoms with Gasteiger partial charge in [0.2, 0.25) is 20.0 Å². The molecule has 1 aliphatic heterocycles. The van der Waals surface area contributed by atoms with Crippen molar-refractivity contribution >= 4 is 48.7 Å². The summed E-state index contributed by atoms with van der Waals surface area (Å²) in [6.45, 7) is 5.82. The highest BCUT2D eigenvalue weighted by atomic mass is 32.2. The minimum atomic E-state index is -3.75. The van der Waals surface area contributed by atoms with E-state index in [1.165, 1.54) is 24.3 Å². The molecule has 1 aromatic carbocycles. The molecular formula is C25H33N3O5S3. The highest BCUT2D eigenvalue weighted by Crippen LogP contribution is 2.62. The summed E-state index contributed by atoms with van der Waals surface area (Å²) >= 11 is 1.13. The second-order valence-corrected chi connectivity index (χ2v) is 16.1. The van der Waals surface area contributed by atoms with Crippen molar-refractivity contribution in [2.45, 2.75) is 75.1 Å². The predicted molar refractivity (Wildman–Crippen MR) is 143 cm³/mol. The van der Waals surface area contributed by atoms with Crippen molar-refractivity contribution < 1.29 is 21.6 Å². The molecule has 0 saturated heterocycles. The Bertz CT molecular complexity index is 1420. The first-order valence-electron chi connectivity index (χ1n) is 12.2. The maximum atomic E-state index is 13.7. The SMILES string of the molecule is CC(C)(C)NS(=O)(=O)c1csc(C(=O)N2CC3(CCC4(CC4)CC3)c3cc(NS(C)(=O)=O)ccc32)c1. The van der Waals surface area contributed by atoms with Gasteiger partial charge in [-0.15, -0.1) is 11.3 Å². The number of hydrogen-bond acceptors (Lipinski definition) is 6. The molecule has 2 fully saturated rings. The average molecular weight is 552 g/mol. The van der Waals surface area contributed by atoms with Crippen LogP contribution < -0.4 is 14.3 Å². The number of carbonyl (C=O) groups excluding carboxylic acids is 1. The van der Waals surface area contributed by atoms with Crippen molar-refractivity contribution in [2.75, 3.05) is 22.4 Å². The Morgan fingerprint density at radius 2 is 1.64 bits per heavy atom. The molecule has 2 aromatic rings. The lowest BCUT2D eigenvalue weighted by molar-refractivity contribution is 0.0984. The number of rotatable bonds is 5. The molecule has 8 nitrogen and oxygen atoms in total. The summed E-state index contributed by atoms with van der Waals surface area (Å²) in [4.78, 5) is 15.9. The Labute approximate surface area is 217 Å². The standard InChI is InChI=1S/C25H33N3O5S3/c1-23(2,3)27-36(32,33)18-14-21(34-15-18)22(29)28-16-25(11-9-24(7-8-24)10-12-25)19-13-17(5-6-20(19)28)26-35(4,30)31/h5-6,13-15,26-27H,7-12,16H2,1-4H3. The van der Waals surface area contributed by atoms with E-state index in [2.05, 4.69) is 9.44 Å². The van der Waals surface area contributed by atoms with Crippen LogP contribution in [0.5, 0.6) is 0 Å². The molecule has 2 N–H and O–H groups in total. The number of anilines is 2. The van der Waals surface area contributed by atoms with Crippen LogP contribution in [0.4, 0.5) is 11.4 Å². The Morgan fingerprint density at radius 3 is 2.22 bits per heavy atom. The zero-order valence-electron chi connectivity index (χ0n) is 21.0. The van der Waals surface area contributed by atoms with E-state index < -0.39 is 25.6 Å². The van der Waals surface area contributed by atoms with Crippen molar-refractivity contribution in [3.05, 3.63) is 40.1 Å². The van der Waals surface area contributed by atoms with Gasteiger partial charge in [-0.1, -0.05) is 0 Å². The van der Waals surface area contributed by atoms with E-state index in [1.54, 1.807) is 31.7 Å². The molecule has 2 saturated carbocycles. The molecule has 0 bridgehead atoms. The van der Waals surface area contributed by atoms with Crippen LogP contribution in [0.25, 0.3) is 0 Å². The number of benzene rings is 1. The smallest absolute Gasteiger partial charge is 0.268 e. The van der Waals surface area contributed by atoms with Crippen LogP contribution in [0.2, 0.25) is 0 Å². The summed E-state index contributed by atoms with van der Waals surface area (Å²) in [5.74, 6) is -0.231.